The van der Waals surface area contributed by atoms with E-state index in [4.69, 9.17) is 4.74 Å². The van der Waals surface area contributed by atoms with Gasteiger partial charge in [-0.15, -0.1) is 0 Å². The van der Waals surface area contributed by atoms with E-state index in [-0.39, 0.29) is 0 Å². The summed E-state index contributed by atoms with van der Waals surface area (Å²) in [5.74, 6) is 2.60. The van der Waals surface area contributed by atoms with Gasteiger partial charge in [-0.2, -0.15) is 0 Å². The average Bonchev–Trinajstić information content (AvgIpc) is 3.07. The second kappa shape index (κ2) is 5.35. The van der Waals surface area contributed by atoms with Crippen LogP contribution in [0.5, 0.6) is 5.75 Å². The molecular formula is C14H21NO. The lowest BCUT2D eigenvalue weighted by Crippen LogP contribution is -2.16. The molecule has 0 aromatic heterocycles. The van der Waals surface area contributed by atoms with Crippen molar-refractivity contribution < 1.29 is 4.74 Å². The topological polar surface area (TPSA) is 21.3 Å². The van der Waals surface area contributed by atoms with Crippen molar-refractivity contribution in [2.45, 2.75) is 26.2 Å². The third-order valence-electron chi connectivity index (χ3n) is 3.20. The minimum absolute atomic E-state index is 0.742. The summed E-state index contributed by atoms with van der Waals surface area (Å²) in [6, 6.07) is 8.59. The molecule has 2 heteroatoms. The first kappa shape index (κ1) is 11.5. The van der Waals surface area contributed by atoms with Crippen LogP contribution in [0.25, 0.3) is 0 Å². The molecule has 0 spiro atoms. The third-order valence-corrected chi connectivity index (χ3v) is 3.20. The normalized spacial score (nSPS) is 23.1. The fourth-order valence-electron chi connectivity index (χ4n) is 2.19. The smallest absolute Gasteiger partial charge is 0.119 e. The highest BCUT2D eigenvalue weighted by Gasteiger charge is 2.37. The Morgan fingerprint density at radius 3 is 2.62 bits per heavy atom. The van der Waals surface area contributed by atoms with Crippen LogP contribution in [0, 0.1) is 5.92 Å². The number of nitrogens with one attached hydrogen (secondary N) is 1. The highest BCUT2D eigenvalue weighted by molar-refractivity contribution is 5.32. The molecule has 1 aliphatic carbocycles. The summed E-state index contributed by atoms with van der Waals surface area (Å²) in [6.45, 7) is 7.15. The van der Waals surface area contributed by atoms with Crippen molar-refractivity contribution in [3.8, 4) is 5.75 Å². The fraction of sp³-hybridized carbons (Fsp3) is 0.571. The van der Waals surface area contributed by atoms with Gasteiger partial charge in [0.05, 0.1) is 6.61 Å². The lowest BCUT2D eigenvalue weighted by atomic mass is 10.1. The maximum absolute atomic E-state index is 5.44. The third kappa shape index (κ3) is 2.76. The zero-order valence-corrected chi connectivity index (χ0v) is 10.2. The van der Waals surface area contributed by atoms with Crippen LogP contribution in [-0.4, -0.2) is 19.7 Å². The van der Waals surface area contributed by atoms with Gasteiger partial charge < -0.3 is 10.1 Å². The SMILES string of the molecule is CCNCC1CC1c1ccc(OCC)cc1. The van der Waals surface area contributed by atoms with Gasteiger partial charge in [0.15, 0.2) is 0 Å². The van der Waals surface area contributed by atoms with E-state index in [1.54, 1.807) is 0 Å². The Morgan fingerprint density at radius 1 is 1.25 bits per heavy atom. The second-order valence-corrected chi connectivity index (χ2v) is 4.41. The standard InChI is InChI=1S/C14H21NO/c1-3-15-10-12-9-14(12)11-5-7-13(8-6-11)16-4-2/h5-8,12,14-15H,3-4,9-10H2,1-2H3. The number of hydrogen-bond donors (Lipinski definition) is 1. The number of rotatable bonds is 6. The van der Waals surface area contributed by atoms with Crippen LogP contribution < -0.4 is 10.1 Å². The van der Waals surface area contributed by atoms with E-state index in [1.807, 2.05) is 6.92 Å². The number of hydrogen-bond acceptors (Lipinski definition) is 2. The van der Waals surface area contributed by atoms with Crippen LogP contribution in [-0.2, 0) is 0 Å². The maximum Gasteiger partial charge on any atom is 0.119 e. The second-order valence-electron chi connectivity index (χ2n) is 4.41. The molecule has 0 bridgehead atoms. The highest BCUT2D eigenvalue weighted by atomic mass is 16.5. The van der Waals surface area contributed by atoms with E-state index in [1.165, 1.54) is 12.0 Å². The van der Waals surface area contributed by atoms with E-state index in [9.17, 15) is 0 Å². The molecule has 1 aromatic carbocycles. The first-order valence-corrected chi connectivity index (χ1v) is 6.28. The van der Waals surface area contributed by atoms with Crippen LogP contribution in [0.1, 0.15) is 31.7 Å². The molecule has 1 aromatic rings. The van der Waals surface area contributed by atoms with Gasteiger partial charge in [-0.1, -0.05) is 19.1 Å². The first-order chi connectivity index (χ1) is 7.85. The van der Waals surface area contributed by atoms with Crippen molar-refractivity contribution in [3.05, 3.63) is 29.8 Å². The molecule has 2 atom stereocenters. The molecule has 88 valence electrons. The Labute approximate surface area is 98.0 Å². The van der Waals surface area contributed by atoms with Crippen LogP contribution >= 0.6 is 0 Å². The van der Waals surface area contributed by atoms with Crippen LogP contribution in [0.2, 0.25) is 0 Å². The quantitative estimate of drug-likeness (QED) is 0.794. The lowest BCUT2D eigenvalue weighted by molar-refractivity contribution is 0.340. The number of ether oxygens (including phenoxy) is 1. The zero-order chi connectivity index (χ0) is 11.4. The van der Waals surface area contributed by atoms with Gasteiger partial charge in [-0.25, -0.2) is 0 Å². The van der Waals surface area contributed by atoms with Crippen molar-refractivity contribution in [2.75, 3.05) is 19.7 Å². The zero-order valence-electron chi connectivity index (χ0n) is 10.2. The van der Waals surface area contributed by atoms with Crippen LogP contribution in [0.4, 0.5) is 0 Å². The Bertz CT molecular complexity index is 320. The summed E-state index contributed by atoms with van der Waals surface area (Å²) in [4.78, 5) is 0. The van der Waals surface area contributed by atoms with Gasteiger partial charge in [-0.3, -0.25) is 0 Å². The minimum atomic E-state index is 0.742. The van der Waals surface area contributed by atoms with Gasteiger partial charge >= 0.3 is 0 Å². The summed E-state index contributed by atoms with van der Waals surface area (Å²) in [7, 11) is 0. The van der Waals surface area contributed by atoms with E-state index in [0.717, 1.165) is 37.3 Å². The molecule has 0 amide bonds. The van der Waals surface area contributed by atoms with Crippen molar-refractivity contribution in [2.24, 2.45) is 5.92 Å². The van der Waals surface area contributed by atoms with E-state index >= 15 is 0 Å². The van der Waals surface area contributed by atoms with Crippen molar-refractivity contribution in [1.82, 2.24) is 5.32 Å². The summed E-state index contributed by atoms with van der Waals surface area (Å²) < 4.78 is 5.44. The molecule has 1 N–H and O–H groups in total. The molecule has 0 saturated heterocycles. The maximum atomic E-state index is 5.44. The molecule has 2 nitrogen and oxygen atoms in total. The summed E-state index contributed by atoms with van der Waals surface area (Å²) in [5, 5.41) is 3.42. The predicted octanol–water partition coefficient (Wildman–Crippen LogP) is 2.80. The summed E-state index contributed by atoms with van der Waals surface area (Å²) >= 11 is 0. The van der Waals surface area contributed by atoms with Crippen molar-refractivity contribution in [3.63, 3.8) is 0 Å². The molecule has 2 rings (SSSR count). The summed E-state index contributed by atoms with van der Waals surface area (Å²) in [6.07, 6.45) is 1.33. The van der Waals surface area contributed by atoms with Crippen molar-refractivity contribution in [1.29, 1.82) is 0 Å². The molecule has 16 heavy (non-hydrogen) atoms. The van der Waals surface area contributed by atoms with E-state index in [2.05, 4.69) is 36.5 Å². The highest BCUT2D eigenvalue weighted by Crippen LogP contribution is 2.47. The van der Waals surface area contributed by atoms with Gasteiger partial charge in [0.25, 0.3) is 0 Å². The molecule has 1 saturated carbocycles. The predicted molar refractivity (Wildman–Crippen MR) is 67.0 cm³/mol. The van der Waals surface area contributed by atoms with Gasteiger partial charge in [-0.05, 0) is 56.0 Å². The molecule has 1 fully saturated rings. The Morgan fingerprint density at radius 2 is 2.00 bits per heavy atom. The van der Waals surface area contributed by atoms with Gasteiger partial charge in [0.2, 0.25) is 0 Å². The average molecular weight is 219 g/mol. The Hall–Kier alpha value is -1.02. The molecular weight excluding hydrogens is 198 g/mol. The molecule has 0 aliphatic heterocycles. The van der Waals surface area contributed by atoms with Crippen LogP contribution in [0.15, 0.2) is 24.3 Å². The van der Waals surface area contributed by atoms with E-state index < -0.39 is 0 Å². The Balaban J connectivity index is 1.86. The molecule has 1 aliphatic rings. The Kier molecular flexibility index (Phi) is 3.83. The lowest BCUT2D eigenvalue weighted by Gasteiger charge is -2.05. The molecule has 2 unspecified atom stereocenters. The van der Waals surface area contributed by atoms with Crippen LogP contribution in [0.3, 0.4) is 0 Å². The first-order valence-electron chi connectivity index (χ1n) is 6.28. The minimum Gasteiger partial charge on any atom is -0.494 e. The molecule has 0 radical (unpaired) electrons. The summed E-state index contributed by atoms with van der Waals surface area (Å²) in [5.41, 5.74) is 1.46. The molecule has 0 heterocycles. The van der Waals surface area contributed by atoms with Crippen molar-refractivity contribution >= 4 is 0 Å². The largest absolute Gasteiger partial charge is 0.494 e. The van der Waals surface area contributed by atoms with E-state index in [0.29, 0.717) is 0 Å². The fourth-order valence-corrected chi connectivity index (χ4v) is 2.19. The van der Waals surface area contributed by atoms with Gasteiger partial charge in [0.1, 0.15) is 5.75 Å². The van der Waals surface area contributed by atoms with Gasteiger partial charge in [0, 0.05) is 0 Å². The monoisotopic (exact) mass is 219 g/mol. The number of benzene rings is 1.